The van der Waals surface area contributed by atoms with Gasteiger partial charge in [-0.25, -0.2) is 0 Å². The van der Waals surface area contributed by atoms with Gasteiger partial charge in [0.1, 0.15) is 0 Å². The first-order valence-corrected chi connectivity index (χ1v) is 5.83. The SMILES string of the molecule is CNC1(CO)CCC(N2CCCC2)C1. The minimum absolute atomic E-state index is 0.0211. The molecule has 2 aliphatic rings. The van der Waals surface area contributed by atoms with Crippen LogP contribution in [0.4, 0.5) is 0 Å². The summed E-state index contributed by atoms with van der Waals surface area (Å²) >= 11 is 0. The highest BCUT2D eigenvalue weighted by Crippen LogP contribution is 2.33. The molecule has 0 bridgehead atoms. The number of likely N-dealkylation sites (tertiary alicyclic amines) is 1. The minimum Gasteiger partial charge on any atom is -0.394 e. The van der Waals surface area contributed by atoms with Gasteiger partial charge in [0.15, 0.2) is 0 Å². The van der Waals surface area contributed by atoms with E-state index >= 15 is 0 Å². The van der Waals surface area contributed by atoms with Crippen molar-refractivity contribution in [1.82, 2.24) is 10.2 Å². The Morgan fingerprint density at radius 3 is 2.64 bits per heavy atom. The smallest absolute Gasteiger partial charge is 0.0613 e. The topological polar surface area (TPSA) is 35.5 Å². The van der Waals surface area contributed by atoms with E-state index in [2.05, 4.69) is 10.2 Å². The summed E-state index contributed by atoms with van der Waals surface area (Å²) in [6.07, 6.45) is 6.23. The molecule has 2 atom stereocenters. The molecule has 0 aromatic carbocycles. The average molecular weight is 198 g/mol. The third-order valence-corrected chi connectivity index (χ3v) is 4.07. The summed E-state index contributed by atoms with van der Waals surface area (Å²) < 4.78 is 0. The van der Waals surface area contributed by atoms with Crippen LogP contribution in [0.5, 0.6) is 0 Å². The molecule has 2 rings (SSSR count). The Hall–Kier alpha value is -0.120. The second kappa shape index (κ2) is 4.17. The number of rotatable bonds is 3. The number of aliphatic hydroxyl groups is 1. The molecule has 0 aromatic heterocycles. The van der Waals surface area contributed by atoms with E-state index in [4.69, 9.17) is 0 Å². The number of hydrogen-bond acceptors (Lipinski definition) is 3. The first-order chi connectivity index (χ1) is 6.79. The summed E-state index contributed by atoms with van der Waals surface area (Å²) in [6.45, 7) is 2.83. The van der Waals surface area contributed by atoms with Crippen LogP contribution < -0.4 is 5.32 Å². The van der Waals surface area contributed by atoms with E-state index < -0.39 is 0 Å². The third kappa shape index (κ3) is 1.81. The van der Waals surface area contributed by atoms with Crippen molar-refractivity contribution in [3.8, 4) is 0 Å². The van der Waals surface area contributed by atoms with Gasteiger partial charge < -0.3 is 15.3 Å². The Balaban J connectivity index is 1.92. The maximum Gasteiger partial charge on any atom is 0.0613 e. The molecule has 1 heterocycles. The van der Waals surface area contributed by atoms with Crippen LogP contribution in [0.25, 0.3) is 0 Å². The van der Waals surface area contributed by atoms with Crippen molar-refractivity contribution in [1.29, 1.82) is 0 Å². The second-order valence-corrected chi connectivity index (χ2v) is 4.83. The van der Waals surface area contributed by atoms with Crippen molar-refractivity contribution in [3.63, 3.8) is 0 Å². The van der Waals surface area contributed by atoms with Crippen LogP contribution in [-0.4, -0.2) is 48.3 Å². The summed E-state index contributed by atoms with van der Waals surface area (Å²) in [5.74, 6) is 0. The predicted octanol–water partition coefficient (Wildman–Crippen LogP) is 0.585. The number of nitrogens with one attached hydrogen (secondary N) is 1. The molecule has 0 aromatic rings. The lowest BCUT2D eigenvalue weighted by atomic mass is 9.99. The molecule has 3 heteroatoms. The fourth-order valence-corrected chi connectivity index (χ4v) is 2.97. The van der Waals surface area contributed by atoms with Crippen molar-refractivity contribution >= 4 is 0 Å². The van der Waals surface area contributed by atoms with Crippen LogP contribution in [-0.2, 0) is 0 Å². The Morgan fingerprint density at radius 1 is 1.43 bits per heavy atom. The van der Waals surface area contributed by atoms with Gasteiger partial charge in [0, 0.05) is 11.6 Å². The maximum atomic E-state index is 9.40. The lowest BCUT2D eigenvalue weighted by Gasteiger charge is -2.29. The highest BCUT2D eigenvalue weighted by atomic mass is 16.3. The van der Waals surface area contributed by atoms with E-state index in [1.807, 2.05) is 7.05 Å². The van der Waals surface area contributed by atoms with Crippen molar-refractivity contribution < 1.29 is 5.11 Å². The van der Waals surface area contributed by atoms with Crippen LogP contribution in [0.2, 0.25) is 0 Å². The van der Waals surface area contributed by atoms with E-state index in [1.54, 1.807) is 0 Å². The van der Waals surface area contributed by atoms with E-state index in [0.717, 1.165) is 18.9 Å². The Kier molecular flexibility index (Phi) is 3.10. The third-order valence-electron chi connectivity index (χ3n) is 4.07. The molecule has 14 heavy (non-hydrogen) atoms. The maximum absolute atomic E-state index is 9.40. The molecule has 1 aliphatic carbocycles. The minimum atomic E-state index is 0.0211. The predicted molar refractivity (Wildman–Crippen MR) is 57.3 cm³/mol. The molecule has 82 valence electrons. The van der Waals surface area contributed by atoms with Gasteiger partial charge in [0.2, 0.25) is 0 Å². The monoisotopic (exact) mass is 198 g/mol. The first-order valence-electron chi connectivity index (χ1n) is 5.83. The number of hydrogen-bond donors (Lipinski definition) is 2. The van der Waals surface area contributed by atoms with Crippen LogP contribution in [0, 0.1) is 0 Å². The Bertz CT molecular complexity index is 186. The molecular weight excluding hydrogens is 176 g/mol. The van der Waals surface area contributed by atoms with Gasteiger partial charge in [-0.05, 0) is 52.2 Å². The van der Waals surface area contributed by atoms with Gasteiger partial charge in [0.05, 0.1) is 6.61 Å². The Morgan fingerprint density at radius 2 is 2.14 bits per heavy atom. The largest absolute Gasteiger partial charge is 0.394 e. The van der Waals surface area contributed by atoms with E-state index in [1.165, 1.54) is 32.4 Å². The van der Waals surface area contributed by atoms with Crippen LogP contribution in [0.3, 0.4) is 0 Å². The van der Waals surface area contributed by atoms with Crippen LogP contribution in [0.15, 0.2) is 0 Å². The molecule has 1 saturated heterocycles. The molecule has 0 spiro atoms. The van der Waals surface area contributed by atoms with Gasteiger partial charge in [-0.3, -0.25) is 0 Å². The molecule has 1 saturated carbocycles. The quantitative estimate of drug-likeness (QED) is 0.696. The molecule has 3 nitrogen and oxygen atoms in total. The molecule has 0 radical (unpaired) electrons. The normalized spacial score (nSPS) is 39.4. The zero-order chi connectivity index (χ0) is 10.0. The van der Waals surface area contributed by atoms with Crippen molar-refractivity contribution in [2.45, 2.75) is 43.7 Å². The number of aliphatic hydroxyl groups excluding tert-OH is 1. The number of likely N-dealkylation sites (N-methyl/N-ethyl adjacent to an activating group) is 1. The lowest BCUT2D eigenvalue weighted by Crippen LogP contribution is -2.45. The summed E-state index contributed by atoms with van der Waals surface area (Å²) in [5, 5.41) is 12.7. The van der Waals surface area contributed by atoms with Crippen molar-refractivity contribution in [2.24, 2.45) is 0 Å². The lowest BCUT2D eigenvalue weighted by molar-refractivity contribution is 0.157. The molecule has 1 aliphatic heterocycles. The highest BCUT2D eigenvalue weighted by molar-refractivity contribution is 4.99. The van der Waals surface area contributed by atoms with E-state index in [-0.39, 0.29) is 12.1 Å². The molecule has 2 N–H and O–H groups in total. The molecule has 0 amide bonds. The standard InChI is InChI=1S/C11H22N2O/c1-12-11(9-14)5-4-10(8-11)13-6-2-3-7-13/h10,12,14H,2-9H2,1H3. The molecule has 2 unspecified atom stereocenters. The zero-order valence-electron chi connectivity index (χ0n) is 9.13. The molecular formula is C11H22N2O. The summed E-state index contributed by atoms with van der Waals surface area (Å²) in [4.78, 5) is 2.61. The fourth-order valence-electron chi connectivity index (χ4n) is 2.97. The van der Waals surface area contributed by atoms with Gasteiger partial charge >= 0.3 is 0 Å². The van der Waals surface area contributed by atoms with Gasteiger partial charge in [0.25, 0.3) is 0 Å². The summed E-state index contributed by atoms with van der Waals surface area (Å²) in [7, 11) is 1.97. The average Bonchev–Trinajstić information content (AvgIpc) is 2.87. The fraction of sp³-hybridized carbons (Fsp3) is 1.00. The van der Waals surface area contributed by atoms with Gasteiger partial charge in [-0.2, -0.15) is 0 Å². The van der Waals surface area contributed by atoms with Crippen LogP contribution >= 0.6 is 0 Å². The van der Waals surface area contributed by atoms with Gasteiger partial charge in [-0.15, -0.1) is 0 Å². The second-order valence-electron chi connectivity index (χ2n) is 4.83. The highest BCUT2D eigenvalue weighted by Gasteiger charge is 2.40. The van der Waals surface area contributed by atoms with E-state index in [0.29, 0.717) is 0 Å². The van der Waals surface area contributed by atoms with Gasteiger partial charge in [-0.1, -0.05) is 0 Å². The Labute approximate surface area is 86.5 Å². The van der Waals surface area contributed by atoms with Crippen molar-refractivity contribution in [3.05, 3.63) is 0 Å². The zero-order valence-corrected chi connectivity index (χ0v) is 9.13. The summed E-state index contributed by atoms with van der Waals surface area (Å²) in [6, 6.07) is 0.720. The van der Waals surface area contributed by atoms with Crippen LogP contribution in [0.1, 0.15) is 32.1 Å². The molecule has 2 fully saturated rings. The number of nitrogens with zero attached hydrogens (tertiary/aromatic N) is 1. The van der Waals surface area contributed by atoms with E-state index in [9.17, 15) is 5.11 Å². The summed E-state index contributed by atoms with van der Waals surface area (Å²) in [5.41, 5.74) is 0.0211. The first kappa shape index (κ1) is 10.4. The van der Waals surface area contributed by atoms with Crippen molar-refractivity contribution in [2.75, 3.05) is 26.7 Å².